The minimum Gasteiger partial charge on any atom is -0.375 e. The molecule has 1 aromatic rings. The topological polar surface area (TPSA) is 23.6 Å². The number of hydrogen-bond acceptors (Lipinski definition) is 2. The lowest BCUT2D eigenvalue weighted by Crippen LogP contribution is -2.40. The first-order valence-electron chi connectivity index (χ1n) is 7.00. The zero-order valence-electron chi connectivity index (χ0n) is 12.2. The summed E-state index contributed by atoms with van der Waals surface area (Å²) in [5.74, 6) is -0.541. The Morgan fingerprint density at radius 2 is 1.81 bits per heavy atom. The molecule has 0 bridgehead atoms. The van der Waals surface area contributed by atoms with Crippen molar-refractivity contribution >= 4 is 11.6 Å². The molecular formula is C15H19F3N2O. The van der Waals surface area contributed by atoms with Gasteiger partial charge in [0.05, 0.1) is 0 Å². The number of carbonyl (C=O) groups excluding carboxylic acids is 1. The van der Waals surface area contributed by atoms with Crippen LogP contribution < -0.4 is 4.90 Å². The van der Waals surface area contributed by atoms with Crippen LogP contribution in [0.3, 0.4) is 0 Å². The van der Waals surface area contributed by atoms with Crippen LogP contribution in [0.25, 0.3) is 0 Å². The number of nitrogens with zero attached hydrogens (tertiary/aromatic N) is 2. The van der Waals surface area contributed by atoms with Crippen LogP contribution in [-0.2, 0) is 0 Å². The Morgan fingerprint density at radius 1 is 1.24 bits per heavy atom. The van der Waals surface area contributed by atoms with Crippen molar-refractivity contribution in [3.63, 3.8) is 0 Å². The van der Waals surface area contributed by atoms with Crippen molar-refractivity contribution in [3.8, 4) is 0 Å². The first kappa shape index (κ1) is 15.7. The van der Waals surface area contributed by atoms with Gasteiger partial charge in [-0.25, -0.2) is 0 Å². The SMILES string of the molecule is CCN(C)c1ccc(C(=O)N(CC(F)(F)F)C2CC2)cc1. The molecule has 116 valence electrons. The van der Waals surface area contributed by atoms with E-state index in [1.165, 1.54) is 0 Å². The summed E-state index contributed by atoms with van der Waals surface area (Å²) in [5.41, 5.74) is 1.24. The molecule has 21 heavy (non-hydrogen) atoms. The Kier molecular flexibility index (Phi) is 4.44. The second kappa shape index (κ2) is 5.95. The van der Waals surface area contributed by atoms with E-state index in [1.807, 2.05) is 18.9 Å². The summed E-state index contributed by atoms with van der Waals surface area (Å²) in [4.78, 5) is 15.2. The van der Waals surface area contributed by atoms with Crippen LogP contribution >= 0.6 is 0 Å². The fraction of sp³-hybridized carbons (Fsp3) is 0.533. The van der Waals surface area contributed by atoms with Crippen LogP contribution in [0.5, 0.6) is 0 Å². The third-order valence-electron chi connectivity index (χ3n) is 3.63. The Hall–Kier alpha value is -1.72. The number of hydrogen-bond donors (Lipinski definition) is 0. The van der Waals surface area contributed by atoms with Gasteiger partial charge >= 0.3 is 6.18 Å². The van der Waals surface area contributed by atoms with Gasteiger partial charge in [-0.1, -0.05) is 0 Å². The average Bonchev–Trinajstić information content (AvgIpc) is 3.27. The van der Waals surface area contributed by atoms with Gasteiger partial charge in [-0.05, 0) is 44.0 Å². The maximum atomic E-state index is 12.6. The molecule has 0 atom stereocenters. The van der Waals surface area contributed by atoms with Gasteiger partial charge in [0.25, 0.3) is 5.91 Å². The highest BCUT2D eigenvalue weighted by atomic mass is 19.4. The first-order chi connectivity index (χ1) is 9.81. The van der Waals surface area contributed by atoms with E-state index in [2.05, 4.69) is 0 Å². The van der Waals surface area contributed by atoms with Crippen molar-refractivity contribution in [3.05, 3.63) is 29.8 Å². The maximum absolute atomic E-state index is 12.6. The summed E-state index contributed by atoms with van der Waals surface area (Å²) in [6.45, 7) is 1.64. The van der Waals surface area contributed by atoms with Crippen LogP contribution in [0.1, 0.15) is 30.1 Å². The first-order valence-corrected chi connectivity index (χ1v) is 7.00. The fourth-order valence-corrected chi connectivity index (χ4v) is 2.15. The zero-order valence-corrected chi connectivity index (χ0v) is 12.2. The number of rotatable bonds is 5. The maximum Gasteiger partial charge on any atom is 0.406 e. The zero-order chi connectivity index (χ0) is 15.6. The van der Waals surface area contributed by atoms with Gasteiger partial charge in [-0.15, -0.1) is 0 Å². The summed E-state index contributed by atoms with van der Waals surface area (Å²) < 4.78 is 37.8. The highest BCUT2D eigenvalue weighted by Crippen LogP contribution is 2.31. The molecule has 1 aromatic carbocycles. The number of amides is 1. The largest absolute Gasteiger partial charge is 0.406 e. The summed E-state index contributed by atoms with van der Waals surface area (Å²) >= 11 is 0. The van der Waals surface area contributed by atoms with Crippen molar-refractivity contribution in [1.29, 1.82) is 0 Å². The van der Waals surface area contributed by atoms with Crippen molar-refractivity contribution in [1.82, 2.24) is 4.90 Å². The number of benzene rings is 1. The van der Waals surface area contributed by atoms with Gasteiger partial charge in [-0.2, -0.15) is 13.2 Å². The van der Waals surface area contributed by atoms with Gasteiger partial charge in [0, 0.05) is 30.9 Å². The number of alkyl halides is 3. The third kappa shape index (κ3) is 4.12. The lowest BCUT2D eigenvalue weighted by Gasteiger charge is -2.24. The molecule has 1 amide bonds. The molecule has 1 aliphatic rings. The average molecular weight is 300 g/mol. The summed E-state index contributed by atoms with van der Waals surface area (Å²) in [6, 6.07) is 6.44. The van der Waals surface area contributed by atoms with Gasteiger partial charge < -0.3 is 9.80 Å². The van der Waals surface area contributed by atoms with Crippen molar-refractivity contribution in [2.24, 2.45) is 0 Å². The van der Waals surface area contributed by atoms with Crippen molar-refractivity contribution in [2.75, 3.05) is 25.0 Å². The van der Waals surface area contributed by atoms with Crippen LogP contribution in [0.4, 0.5) is 18.9 Å². The van der Waals surface area contributed by atoms with Crippen LogP contribution in [0.15, 0.2) is 24.3 Å². The second-order valence-corrected chi connectivity index (χ2v) is 5.34. The van der Waals surface area contributed by atoms with E-state index in [9.17, 15) is 18.0 Å². The van der Waals surface area contributed by atoms with E-state index < -0.39 is 18.6 Å². The molecule has 3 nitrogen and oxygen atoms in total. The van der Waals surface area contributed by atoms with Crippen molar-refractivity contribution < 1.29 is 18.0 Å². The van der Waals surface area contributed by atoms with Crippen LogP contribution in [0.2, 0.25) is 0 Å². The van der Waals surface area contributed by atoms with Gasteiger partial charge in [-0.3, -0.25) is 4.79 Å². The smallest absolute Gasteiger partial charge is 0.375 e. The van der Waals surface area contributed by atoms with Gasteiger partial charge in [0.15, 0.2) is 0 Å². The van der Waals surface area contributed by atoms with E-state index in [0.717, 1.165) is 17.1 Å². The molecule has 1 fully saturated rings. The monoisotopic (exact) mass is 300 g/mol. The van der Waals surface area contributed by atoms with Crippen LogP contribution in [0, 0.1) is 0 Å². The molecule has 0 saturated heterocycles. The molecule has 0 heterocycles. The molecule has 0 aliphatic heterocycles. The molecule has 0 spiro atoms. The highest BCUT2D eigenvalue weighted by molar-refractivity contribution is 5.95. The van der Waals surface area contributed by atoms with Gasteiger partial charge in [0.1, 0.15) is 6.54 Å². The highest BCUT2D eigenvalue weighted by Gasteiger charge is 2.40. The number of anilines is 1. The standard InChI is InChI=1S/C15H19F3N2O/c1-3-19(2)12-6-4-11(5-7-12)14(21)20(13-8-9-13)10-15(16,17)18/h4-7,13H,3,8-10H2,1-2H3. The van der Waals surface area contributed by atoms with Crippen molar-refractivity contribution in [2.45, 2.75) is 32.0 Å². The van der Waals surface area contributed by atoms with E-state index >= 15 is 0 Å². The lowest BCUT2D eigenvalue weighted by atomic mass is 10.1. The third-order valence-corrected chi connectivity index (χ3v) is 3.63. The Labute approximate surface area is 122 Å². The fourth-order valence-electron chi connectivity index (χ4n) is 2.15. The Bertz CT molecular complexity index is 495. The Balaban J connectivity index is 2.13. The number of halogens is 3. The molecule has 1 aliphatic carbocycles. The molecule has 1 saturated carbocycles. The summed E-state index contributed by atoms with van der Waals surface area (Å²) in [6.07, 6.45) is -3.06. The molecule has 0 N–H and O–H groups in total. The minimum absolute atomic E-state index is 0.267. The molecule has 2 rings (SSSR count). The predicted molar refractivity (Wildman–Crippen MR) is 75.5 cm³/mol. The van der Waals surface area contributed by atoms with E-state index in [4.69, 9.17) is 0 Å². The molecule has 0 aromatic heterocycles. The number of carbonyl (C=O) groups is 1. The molecule has 0 unspecified atom stereocenters. The minimum atomic E-state index is -4.36. The van der Waals surface area contributed by atoms with Gasteiger partial charge in [0.2, 0.25) is 0 Å². The Morgan fingerprint density at radius 3 is 2.24 bits per heavy atom. The van der Waals surface area contributed by atoms with Crippen LogP contribution in [-0.4, -0.2) is 43.2 Å². The summed E-state index contributed by atoms with van der Waals surface area (Å²) in [7, 11) is 1.91. The quantitative estimate of drug-likeness (QED) is 0.833. The lowest BCUT2D eigenvalue weighted by molar-refractivity contribution is -0.141. The molecular weight excluding hydrogens is 281 g/mol. The molecule has 6 heteroatoms. The van der Waals surface area contributed by atoms with E-state index in [0.29, 0.717) is 18.4 Å². The summed E-state index contributed by atoms with van der Waals surface area (Å²) in [5, 5.41) is 0. The second-order valence-electron chi connectivity index (χ2n) is 5.34. The predicted octanol–water partition coefficient (Wildman–Crippen LogP) is 3.31. The normalized spacial score (nSPS) is 14.9. The molecule has 0 radical (unpaired) electrons. The van der Waals surface area contributed by atoms with E-state index in [-0.39, 0.29) is 6.04 Å². The van der Waals surface area contributed by atoms with E-state index in [1.54, 1.807) is 24.3 Å².